The average molecular weight is 308 g/mol. The maximum Gasteiger partial charge on any atom is 0.172 e. The fourth-order valence-electron chi connectivity index (χ4n) is 2.24. The van der Waals surface area contributed by atoms with Gasteiger partial charge < -0.3 is 5.21 Å². The van der Waals surface area contributed by atoms with E-state index in [4.69, 9.17) is 5.21 Å². The van der Waals surface area contributed by atoms with Gasteiger partial charge in [-0.2, -0.15) is 5.48 Å². The van der Waals surface area contributed by atoms with E-state index in [1.54, 1.807) is 6.20 Å². The molecule has 114 valence electrons. The number of para-hydroxylation sites is 1. The number of unbranched alkanes of at least 4 members (excludes halogenated alkanes) is 1. The number of aromatic nitrogens is 1. The van der Waals surface area contributed by atoms with Gasteiger partial charge in [0.25, 0.3) is 0 Å². The normalized spacial score (nSPS) is 13.4. The molecule has 1 aromatic carbocycles. The zero-order valence-corrected chi connectivity index (χ0v) is 12.8. The van der Waals surface area contributed by atoms with E-state index in [1.807, 2.05) is 42.7 Å². The van der Waals surface area contributed by atoms with Crippen molar-refractivity contribution in [3.63, 3.8) is 0 Å². The Morgan fingerprint density at radius 2 is 2.10 bits per heavy atom. The first-order valence-electron chi connectivity index (χ1n) is 7.01. The molecule has 2 rings (SSSR count). The second kappa shape index (κ2) is 6.98. The summed E-state index contributed by atoms with van der Waals surface area (Å²) in [7, 11) is -3.47. The molecule has 1 atom stereocenters. The molecule has 0 aliphatic rings. The number of benzene rings is 1. The van der Waals surface area contributed by atoms with Crippen LogP contribution in [0.25, 0.3) is 10.9 Å². The van der Waals surface area contributed by atoms with Crippen LogP contribution in [0.5, 0.6) is 0 Å². The molecule has 0 aliphatic heterocycles. The number of hydrogen-bond acceptors (Lipinski definition) is 5. The highest BCUT2D eigenvalue weighted by Gasteiger charge is 2.24. The fourth-order valence-corrected chi connectivity index (χ4v) is 3.75. The molecule has 0 radical (unpaired) electrons. The third kappa shape index (κ3) is 4.00. The predicted molar refractivity (Wildman–Crippen MR) is 82.6 cm³/mol. The van der Waals surface area contributed by atoms with Crippen LogP contribution in [0.4, 0.5) is 0 Å². The first-order chi connectivity index (χ1) is 10.1. The zero-order chi connectivity index (χ0) is 15.3. The maximum absolute atomic E-state index is 12.3. The Labute approximate surface area is 124 Å². The van der Waals surface area contributed by atoms with Crippen molar-refractivity contribution < 1.29 is 13.6 Å². The summed E-state index contributed by atoms with van der Waals surface area (Å²) in [6, 6.07) is 9.39. The van der Waals surface area contributed by atoms with Crippen molar-refractivity contribution in [2.75, 3.05) is 0 Å². The smallest absolute Gasteiger partial charge is 0.172 e. The Morgan fingerprint density at radius 1 is 1.33 bits per heavy atom. The largest absolute Gasteiger partial charge is 0.316 e. The highest BCUT2D eigenvalue weighted by atomic mass is 32.2. The molecule has 6 heteroatoms. The van der Waals surface area contributed by atoms with Crippen molar-refractivity contribution in [3.05, 3.63) is 42.1 Å². The number of sulfone groups is 1. The molecule has 5 nitrogen and oxygen atoms in total. The third-order valence-corrected chi connectivity index (χ3v) is 5.36. The molecule has 0 fully saturated rings. The summed E-state index contributed by atoms with van der Waals surface area (Å²) in [5.74, 6) is -0.132. The lowest BCUT2D eigenvalue weighted by molar-refractivity contribution is 0.149. The molecule has 0 saturated heterocycles. The quantitative estimate of drug-likeness (QED) is 0.769. The van der Waals surface area contributed by atoms with Crippen LogP contribution < -0.4 is 5.48 Å². The SMILES string of the molecule is CCCCC(NO)S(=O)(=O)Cc1cnc2ccccc2c1. The van der Waals surface area contributed by atoms with E-state index >= 15 is 0 Å². The minimum Gasteiger partial charge on any atom is -0.316 e. The zero-order valence-electron chi connectivity index (χ0n) is 12.0. The summed E-state index contributed by atoms with van der Waals surface area (Å²) < 4.78 is 24.6. The lowest BCUT2D eigenvalue weighted by Crippen LogP contribution is -2.35. The second-order valence-corrected chi connectivity index (χ2v) is 7.29. The lowest BCUT2D eigenvalue weighted by atomic mass is 10.2. The van der Waals surface area contributed by atoms with Gasteiger partial charge in [-0.1, -0.05) is 38.0 Å². The number of hydrogen-bond donors (Lipinski definition) is 2. The van der Waals surface area contributed by atoms with Gasteiger partial charge in [0.1, 0.15) is 5.37 Å². The fraction of sp³-hybridized carbons (Fsp3) is 0.400. The molecule has 1 heterocycles. The molecular weight excluding hydrogens is 288 g/mol. The molecular formula is C15H20N2O3S. The van der Waals surface area contributed by atoms with Gasteiger partial charge in [0.2, 0.25) is 0 Å². The summed E-state index contributed by atoms with van der Waals surface area (Å²) in [6.45, 7) is 1.98. The summed E-state index contributed by atoms with van der Waals surface area (Å²) >= 11 is 0. The van der Waals surface area contributed by atoms with Crippen LogP contribution in [-0.4, -0.2) is 24.0 Å². The Balaban J connectivity index is 2.20. The minimum absolute atomic E-state index is 0.132. The number of fused-ring (bicyclic) bond motifs is 1. The summed E-state index contributed by atoms with van der Waals surface area (Å²) in [5.41, 5.74) is 3.39. The molecule has 1 aromatic heterocycles. The molecule has 0 aliphatic carbocycles. The summed E-state index contributed by atoms with van der Waals surface area (Å²) in [5, 5.41) is 9.08. The molecule has 2 aromatic rings. The van der Waals surface area contributed by atoms with Gasteiger partial charge in [0.05, 0.1) is 11.3 Å². The first kappa shape index (κ1) is 15.9. The van der Waals surface area contributed by atoms with Gasteiger partial charge in [-0.05, 0) is 24.1 Å². The summed E-state index contributed by atoms with van der Waals surface area (Å²) in [6.07, 6.45) is 3.60. The van der Waals surface area contributed by atoms with Crippen LogP contribution >= 0.6 is 0 Å². The molecule has 21 heavy (non-hydrogen) atoms. The number of nitrogens with zero attached hydrogens (tertiary/aromatic N) is 1. The van der Waals surface area contributed by atoms with Gasteiger partial charge in [-0.25, -0.2) is 8.42 Å². The number of rotatable bonds is 7. The molecule has 0 amide bonds. The van der Waals surface area contributed by atoms with Crippen molar-refractivity contribution in [1.82, 2.24) is 10.5 Å². The van der Waals surface area contributed by atoms with Crippen molar-refractivity contribution in [3.8, 4) is 0 Å². The van der Waals surface area contributed by atoms with Gasteiger partial charge in [0, 0.05) is 11.6 Å². The van der Waals surface area contributed by atoms with E-state index in [1.165, 1.54) is 0 Å². The Kier molecular flexibility index (Phi) is 5.27. The van der Waals surface area contributed by atoms with Crippen LogP contribution in [0.15, 0.2) is 36.5 Å². The van der Waals surface area contributed by atoms with Crippen LogP contribution in [0, 0.1) is 0 Å². The van der Waals surface area contributed by atoms with E-state index < -0.39 is 15.2 Å². The van der Waals surface area contributed by atoms with E-state index in [-0.39, 0.29) is 5.75 Å². The van der Waals surface area contributed by atoms with Crippen molar-refractivity contribution >= 4 is 20.7 Å². The average Bonchev–Trinajstić information content (AvgIpc) is 2.47. The van der Waals surface area contributed by atoms with Crippen LogP contribution in [0.1, 0.15) is 31.7 Å². The van der Waals surface area contributed by atoms with Crippen LogP contribution in [0.3, 0.4) is 0 Å². The number of hydroxylamine groups is 1. The van der Waals surface area contributed by atoms with E-state index in [2.05, 4.69) is 4.98 Å². The van der Waals surface area contributed by atoms with Crippen molar-refractivity contribution in [1.29, 1.82) is 0 Å². The van der Waals surface area contributed by atoms with E-state index in [9.17, 15) is 8.42 Å². The topological polar surface area (TPSA) is 79.3 Å². The molecule has 0 saturated carbocycles. The molecule has 0 spiro atoms. The minimum atomic E-state index is -3.47. The lowest BCUT2D eigenvalue weighted by Gasteiger charge is -2.15. The highest BCUT2D eigenvalue weighted by molar-refractivity contribution is 7.91. The van der Waals surface area contributed by atoms with Gasteiger partial charge in [-0.3, -0.25) is 4.98 Å². The molecule has 1 unspecified atom stereocenters. The van der Waals surface area contributed by atoms with Crippen molar-refractivity contribution in [2.24, 2.45) is 0 Å². The van der Waals surface area contributed by atoms with Gasteiger partial charge >= 0.3 is 0 Å². The van der Waals surface area contributed by atoms with Crippen molar-refractivity contribution in [2.45, 2.75) is 37.3 Å². The third-order valence-electron chi connectivity index (χ3n) is 3.41. The molecule has 2 N–H and O–H groups in total. The highest BCUT2D eigenvalue weighted by Crippen LogP contribution is 2.17. The first-order valence-corrected chi connectivity index (χ1v) is 8.73. The van der Waals surface area contributed by atoms with Gasteiger partial charge in [0.15, 0.2) is 9.84 Å². The Hall–Kier alpha value is -1.50. The Bertz CT molecular complexity index is 701. The maximum atomic E-state index is 12.3. The predicted octanol–water partition coefficient (Wildman–Crippen LogP) is 2.64. The van der Waals surface area contributed by atoms with Crippen LogP contribution in [0.2, 0.25) is 0 Å². The van der Waals surface area contributed by atoms with E-state index in [0.29, 0.717) is 12.0 Å². The monoisotopic (exact) mass is 308 g/mol. The second-order valence-electron chi connectivity index (χ2n) is 5.10. The van der Waals surface area contributed by atoms with Gasteiger partial charge in [-0.15, -0.1) is 0 Å². The standard InChI is InChI=1S/C15H20N2O3S/c1-2-3-8-15(17-18)21(19,20)11-12-9-13-6-4-5-7-14(13)16-10-12/h4-7,9-10,15,17-18H,2-3,8,11H2,1H3. The number of pyridine rings is 1. The van der Waals surface area contributed by atoms with E-state index in [0.717, 1.165) is 23.7 Å². The Morgan fingerprint density at radius 3 is 2.81 bits per heavy atom. The number of nitrogens with one attached hydrogen (secondary N) is 1. The summed E-state index contributed by atoms with van der Waals surface area (Å²) in [4.78, 5) is 4.27. The van der Waals surface area contributed by atoms with Crippen LogP contribution in [-0.2, 0) is 15.6 Å². The molecule has 0 bridgehead atoms.